The standard InChI is InChI=1S/C20H15NO/c1-22-19-11-9-15(10-12-19)18(14-21)13-17-7-4-6-16-5-2-3-8-20(16)17/h2-13H,1H3. The number of nitriles is 1. The summed E-state index contributed by atoms with van der Waals surface area (Å²) in [5, 5.41) is 11.8. The Hall–Kier alpha value is -3.05. The van der Waals surface area contributed by atoms with Gasteiger partial charge in [-0.05, 0) is 52.2 Å². The van der Waals surface area contributed by atoms with E-state index in [1.54, 1.807) is 7.11 Å². The lowest BCUT2D eigenvalue weighted by atomic mass is 9.99. The van der Waals surface area contributed by atoms with E-state index in [9.17, 15) is 5.26 Å². The number of ether oxygens (including phenoxy) is 1. The lowest BCUT2D eigenvalue weighted by Gasteiger charge is -2.05. The molecule has 0 unspecified atom stereocenters. The summed E-state index contributed by atoms with van der Waals surface area (Å²) in [6, 6.07) is 24.1. The second-order valence-corrected chi connectivity index (χ2v) is 4.97. The Morgan fingerprint density at radius 1 is 0.955 bits per heavy atom. The number of hydrogen-bond acceptors (Lipinski definition) is 2. The zero-order chi connectivity index (χ0) is 15.4. The summed E-state index contributed by atoms with van der Waals surface area (Å²) in [6.07, 6.45) is 1.93. The molecule has 0 heterocycles. The number of benzene rings is 3. The zero-order valence-electron chi connectivity index (χ0n) is 12.3. The van der Waals surface area contributed by atoms with E-state index >= 15 is 0 Å². The quantitative estimate of drug-likeness (QED) is 0.506. The Balaban J connectivity index is 2.09. The Morgan fingerprint density at radius 3 is 2.41 bits per heavy atom. The van der Waals surface area contributed by atoms with Gasteiger partial charge < -0.3 is 4.74 Å². The number of nitrogens with zero attached hydrogens (tertiary/aromatic N) is 1. The first-order chi connectivity index (χ1) is 10.8. The molecule has 0 spiro atoms. The van der Waals surface area contributed by atoms with Gasteiger partial charge in [0.15, 0.2) is 0 Å². The number of hydrogen-bond donors (Lipinski definition) is 0. The minimum Gasteiger partial charge on any atom is -0.497 e. The summed E-state index contributed by atoms with van der Waals surface area (Å²) in [6.45, 7) is 0. The van der Waals surface area contributed by atoms with Crippen LogP contribution in [0.15, 0.2) is 66.7 Å². The van der Waals surface area contributed by atoms with Gasteiger partial charge in [0.2, 0.25) is 0 Å². The Bertz CT molecular complexity index is 865. The second-order valence-electron chi connectivity index (χ2n) is 4.97. The molecule has 3 rings (SSSR count). The van der Waals surface area contributed by atoms with E-state index in [1.165, 1.54) is 5.39 Å². The monoisotopic (exact) mass is 285 g/mol. The van der Waals surface area contributed by atoms with Gasteiger partial charge in [-0.2, -0.15) is 5.26 Å². The van der Waals surface area contributed by atoms with Crippen molar-refractivity contribution in [3.63, 3.8) is 0 Å². The van der Waals surface area contributed by atoms with Gasteiger partial charge in [0, 0.05) is 0 Å². The molecule has 106 valence electrons. The van der Waals surface area contributed by atoms with Crippen LogP contribution in [0.25, 0.3) is 22.4 Å². The second kappa shape index (κ2) is 6.15. The van der Waals surface area contributed by atoms with Crippen LogP contribution in [0, 0.1) is 11.3 Å². The molecule has 0 fully saturated rings. The third kappa shape index (κ3) is 2.70. The molecule has 3 aromatic rings. The largest absolute Gasteiger partial charge is 0.497 e. The highest BCUT2D eigenvalue weighted by Crippen LogP contribution is 2.25. The van der Waals surface area contributed by atoms with Crippen molar-refractivity contribution < 1.29 is 4.74 Å². The summed E-state index contributed by atoms with van der Waals surface area (Å²) in [7, 11) is 1.63. The first-order valence-electron chi connectivity index (χ1n) is 7.06. The van der Waals surface area contributed by atoms with Crippen molar-refractivity contribution in [2.24, 2.45) is 0 Å². The molecule has 0 N–H and O–H groups in total. The van der Waals surface area contributed by atoms with Crippen molar-refractivity contribution in [3.8, 4) is 11.8 Å². The molecule has 0 amide bonds. The van der Waals surface area contributed by atoms with Gasteiger partial charge in [-0.25, -0.2) is 0 Å². The molecule has 0 aliphatic rings. The van der Waals surface area contributed by atoms with E-state index in [2.05, 4.69) is 24.3 Å². The Morgan fingerprint density at radius 2 is 1.68 bits per heavy atom. The van der Waals surface area contributed by atoms with Crippen LogP contribution >= 0.6 is 0 Å². The summed E-state index contributed by atoms with van der Waals surface area (Å²) in [5.41, 5.74) is 2.57. The molecule has 22 heavy (non-hydrogen) atoms. The van der Waals surface area contributed by atoms with Crippen molar-refractivity contribution in [3.05, 3.63) is 77.9 Å². The third-order valence-corrected chi connectivity index (χ3v) is 3.64. The zero-order valence-corrected chi connectivity index (χ0v) is 12.3. The first kappa shape index (κ1) is 13.9. The molecule has 3 aromatic carbocycles. The van der Waals surface area contributed by atoms with Crippen LogP contribution < -0.4 is 4.74 Å². The van der Waals surface area contributed by atoms with Crippen LogP contribution in [0.2, 0.25) is 0 Å². The first-order valence-corrected chi connectivity index (χ1v) is 7.06. The maximum absolute atomic E-state index is 9.49. The topological polar surface area (TPSA) is 33.0 Å². The average Bonchev–Trinajstić information content (AvgIpc) is 2.60. The summed E-state index contributed by atoms with van der Waals surface area (Å²) in [4.78, 5) is 0. The van der Waals surface area contributed by atoms with Crippen molar-refractivity contribution in [2.75, 3.05) is 7.11 Å². The smallest absolute Gasteiger partial charge is 0.118 e. The van der Waals surface area contributed by atoms with Crippen LogP contribution in [-0.4, -0.2) is 7.11 Å². The fourth-order valence-corrected chi connectivity index (χ4v) is 2.48. The lowest BCUT2D eigenvalue weighted by molar-refractivity contribution is 0.415. The van der Waals surface area contributed by atoms with E-state index < -0.39 is 0 Å². The minimum atomic E-state index is 0.638. The molecule has 0 saturated carbocycles. The van der Waals surface area contributed by atoms with E-state index in [0.29, 0.717) is 5.57 Å². The molecule has 2 heteroatoms. The van der Waals surface area contributed by atoms with Gasteiger partial charge in [-0.15, -0.1) is 0 Å². The predicted octanol–water partition coefficient (Wildman–Crippen LogP) is 4.91. The van der Waals surface area contributed by atoms with Crippen molar-refractivity contribution in [1.29, 1.82) is 5.26 Å². The van der Waals surface area contributed by atoms with Gasteiger partial charge in [-0.1, -0.05) is 42.5 Å². The Kier molecular flexibility index (Phi) is 3.89. The molecular weight excluding hydrogens is 270 g/mol. The van der Waals surface area contributed by atoms with Crippen LogP contribution in [0.3, 0.4) is 0 Å². The lowest BCUT2D eigenvalue weighted by Crippen LogP contribution is -1.86. The number of rotatable bonds is 3. The van der Waals surface area contributed by atoms with Gasteiger partial charge in [0.25, 0.3) is 0 Å². The SMILES string of the molecule is COc1ccc(C(C#N)=Cc2cccc3ccccc23)cc1. The number of methoxy groups -OCH3 is 1. The van der Waals surface area contributed by atoms with Gasteiger partial charge in [0.1, 0.15) is 5.75 Å². The minimum absolute atomic E-state index is 0.638. The molecule has 2 nitrogen and oxygen atoms in total. The average molecular weight is 285 g/mol. The van der Waals surface area contributed by atoms with Gasteiger partial charge in [0.05, 0.1) is 18.8 Å². The van der Waals surface area contributed by atoms with Crippen molar-refractivity contribution >= 4 is 22.4 Å². The highest BCUT2D eigenvalue weighted by Gasteiger charge is 2.04. The van der Waals surface area contributed by atoms with Crippen LogP contribution in [0.4, 0.5) is 0 Å². The highest BCUT2D eigenvalue weighted by atomic mass is 16.5. The normalized spacial score (nSPS) is 11.2. The molecule has 0 bridgehead atoms. The van der Waals surface area contributed by atoms with Gasteiger partial charge >= 0.3 is 0 Å². The summed E-state index contributed by atoms with van der Waals surface area (Å²) in [5.74, 6) is 0.784. The Labute approximate surface area is 129 Å². The molecule has 0 aromatic heterocycles. The van der Waals surface area contributed by atoms with Gasteiger partial charge in [-0.3, -0.25) is 0 Å². The fourth-order valence-electron chi connectivity index (χ4n) is 2.48. The summed E-state index contributed by atoms with van der Waals surface area (Å²) >= 11 is 0. The van der Waals surface area contributed by atoms with E-state index in [4.69, 9.17) is 4.74 Å². The van der Waals surface area contributed by atoms with Crippen LogP contribution in [-0.2, 0) is 0 Å². The molecular formula is C20H15NO. The number of allylic oxidation sites excluding steroid dienone is 1. The van der Waals surface area contributed by atoms with Crippen molar-refractivity contribution in [1.82, 2.24) is 0 Å². The molecule has 0 aliphatic carbocycles. The third-order valence-electron chi connectivity index (χ3n) is 3.64. The molecule has 0 radical (unpaired) electrons. The molecule has 0 saturated heterocycles. The predicted molar refractivity (Wildman–Crippen MR) is 90.4 cm³/mol. The van der Waals surface area contributed by atoms with E-state index in [1.807, 2.05) is 54.6 Å². The van der Waals surface area contributed by atoms with Crippen LogP contribution in [0.5, 0.6) is 5.75 Å². The highest BCUT2D eigenvalue weighted by molar-refractivity contribution is 5.98. The molecule has 0 atom stereocenters. The van der Waals surface area contributed by atoms with Crippen molar-refractivity contribution in [2.45, 2.75) is 0 Å². The van der Waals surface area contributed by atoms with E-state index in [0.717, 1.165) is 22.3 Å². The number of fused-ring (bicyclic) bond motifs is 1. The maximum atomic E-state index is 9.49. The van der Waals surface area contributed by atoms with Crippen LogP contribution in [0.1, 0.15) is 11.1 Å². The molecule has 0 aliphatic heterocycles. The summed E-state index contributed by atoms with van der Waals surface area (Å²) < 4.78 is 5.16. The van der Waals surface area contributed by atoms with E-state index in [-0.39, 0.29) is 0 Å². The fraction of sp³-hybridized carbons (Fsp3) is 0.0500. The maximum Gasteiger partial charge on any atom is 0.118 e.